The van der Waals surface area contributed by atoms with E-state index < -0.39 is 0 Å². The quantitative estimate of drug-likeness (QED) is 0.802. The Morgan fingerprint density at radius 1 is 1.50 bits per heavy atom. The van der Waals surface area contributed by atoms with Crippen molar-refractivity contribution in [2.24, 2.45) is 5.73 Å². The van der Waals surface area contributed by atoms with Crippen LogP contribution < -0.4 is 10.6 Å². The van der Waals surface area contributed by atoms with E-state index in [1.807, 2.05) is 31.2 Å². The van der Waals surface area contributed by atoms with Gasteiger partial charge in [-0.25, -0.2) is 0 Å². The molecule has 0 aliphatic rings. The average molecular weight is 271 g/mol. The van der Waals surface area contributed by atoms with Crippen molar-refractivity contribution in [3.63, 3.8) is 0 Å². The highest BCUT2D eigenvalue weighted by Crippen LogP contribution is 2.23. The lowest BCUT2D eigenvalue weighted by Gasteiger charge is -2.30. The number of methoxy groups -OCH3 is 1. The van der Waals surface area contributed by atoms with Crippen LogP contribution in [0.25, 0.3) is 0 Å². The molecule has 0 saturated heterocycles. The maximum absolute atomic E-state index is 12.0. The van der Waals surface area contributed by atoms with E-state index in [0.717, 1.165) is 11.3 Å². The molecule has 0 radical (unpaired) electrons. The summed E-state index contributed by atoms with van der Waals surface area (Å²) in [6.07, 6.45) is 0. The minimum absolute atomic E-state index is 0.0625. The van der Waals surface area contributed by atoms with Gasteiger partial charge in [-0.1, -0.05) is 18.2 Å². The molecule has 18 heavy (non-hydrogen) atoms. The normalized spacial score (nSPS) is 12.2. The van der Waals surface area contributed by atoms with Crippen molar-refractivity contribution in [2.75, 3.05) is 24.5 Å². The van der Waals surface area contributed by atoms with Crippen molar-refractivity contribution < 1.29 is 9.53 Å². The SMILES string of the molecule is COCC(C)N(C(=O)CCl)c1ccccc1CN. The van der Waals surface area contributed by atoms with E-state index in [-0.39, 0.29) is 17.8 Å². The Labute approximate surface area is 113 Å². The molecular weight excluding hydrogens is 252 g/mol. The van der Waals surface area contributed by atoms with Gasteiger partial charge in [-0.2, -0.15) is 0 Å². The third kappa shape index (κ3) is 3.45. The molecule has 0 aromatic heterocycles. The number of ether oxygens (including phenoxy) is 1. The van der Waals surface area contributed by atoms with Gasteiger partial charge >= 0.3 is 0 Å². The number of alkyl halides is 1. The Kier molecular flexibility index (Phi) is 6.12. The molecule has 1 amide bonds. The molecule has 1 aromatic rings. The van der Waals surface area contributed by atoms with Crippen LogP contribution in [0.4, 0.5) is 5.69 Å². The number of para-hydroxylation sites is 1. The summed E-state index contributed by atoms with van der Waals surface area (Å²) in [5.74, 6) is -0.213. The zero-order chi connectivity index (χ0) is 13.5. The Morgan fingerprint density at radius 3 is 2.72 bits per heavy atom. The zero-order valence-corrected chi connectivity index (χ0v) is 11.5. The maximum atomic E-state index is 12.0. The van der Waals surface area contributed by atoms with Gasteiger partial charge in [0.1, 0.15) is 5.88 Å². The highest BCUT2D eigenvalue weighted by atomic mass is 35.5. The number of benzene rings is 1. The van der Waals surface area contributed by atoms with Crippen LogP contribution in [0.2, 0.25) is 0 Å². The number of carbonyl (C=O) groups excluding carboxylic acids is 1. The van der Waals surface area contributed by atoms with Crippen LogP contribution in [0.3, 0.4) is 0 Å². The van der Waals surface area contributed by atoms with Crippen LogP contribution in [-0.4, -0.2) is 31.5 Å². The molecular formula is C13H19ClN2O2. The monoisotopic (exact) mass is 270 g/mol. The Morgan fingerprint density at radius 2 is 2.17 bits per heavy atom. The van der Waals surface area contributed by atoms with E-state index in [1.165, 1.54) is 0 Å². The van der Waals surface area contributed by atoms with E-state index in [0.29, 0.717) is 13.2 Å². The number of rotatable bonds is 6. The topological polar surface area (TPSA) is 55.6 Å². The van der Waals surface area contributed by atoms with E-state index in [9.17, 15) is 4.79 Å². The van der Waals surface area contributed by atoms with Gasteiger partial charge in [-0.3, -0.25) is 4.79 Å². The van der Waals surface area contributed by atoms with Gasteiger partial charge in [-0.05, 0) is 18.6 Å². The number of carbonyl (C=O) groups is 1. The smallest absolute Gasteiger partial charge is 0.242 e. The van der Waals surface area contributed by atoms with Crippen molar-refractivity contribution in [1.82, 2.24) is 0 Å². The maximum Gasteiger partial charge on any atom is 0.242 e. The van der Waals surface area contributed by atoms with Crippen molar-refractivity contribution in [3.8, 4) is 0 Å². The van der Waals surface area contributed by atoms with Gasteiger partial charge in [0.15, 0.2) is 0 Å². The first-order chi connectivity index (χ1) is 8.65. The second-order valence-electron chi connectivity index (χ2n) is 4.03. The lowest BCUT2D eigenvalue weighted by atomic mass is 10.1. The van der Waals surface area contributed by atoms with Crippen LogP contribution in [-0.2, 0) is 16.1 Å². The van der Waals surface area contributed by atoms with Crippen LogP contribution in [0.5, 0.6) is 0 Å². The average Bonchev–Trinajstić information content (AvgIpc) is 2.39. The summed E-state index contributed by atoms with van der Waals surface area (Å²) in [7, 11) is 1.61. The predicted octanol–water partition coefficient (Wildman–Crippen LogP) is 1.75. The van der Waals surface area contributed by atoms with E-state index >= 15 is 0 Å². The Bertz CT molecular complexity index is 398. The summed E-state index contributed by atoms with van der Waals surface area (Å²) >= 11 is 5.67. The molecule has 0 heterocycles. The summed E-state index contributed by atoms with van der Waals surface area (Å²) < 4.78 is 5.11. The summed E-state index contributed by atoms with van der Waals surface area (Å²) in [4.78, 5) is 13.6. The number of nitrogens with zero attached hydrogens (tertiary/aromatic N) is 1. The number of amides is 1. The first-order valence-corrected chi connectivity index (χ1v) is 6.34. The predicted molar refractivity (Wildman–Crippen MR) is 73.9 cm³/mol. The number of halogens is 1. The zero-order valence-electron chi connectivity index (χ0n) is 10.7. The van der Waals surface area contributed by atoms with Gasteiger partial charge in [0.2, 0.25) is 5.91 Å². The van der Waals surface area contributed by atoms with Crippen molar-refractivity contribution >= 4 is 23.2 Å². The van der Waals surface area contributed by atoms with E-state index in [1.54, 1.807) is 12.0 Å². The van der Waals surface area contributed by atoms with E-state index in [2.05, 4.69) is 0 Å². The fourth-order valence-electron chi connectivity index (χ4n) is 1.92. The van der Waals surface area contributed by atoms with Crippen LogP contribution in [0.1, 0.15) is 12.5 Å². The van der Waals surface area contributed by atoms with Gasteiger partial charge in [0, 0.05) is 19.3 Å². The molecule has 1 rings (SSSR count). The fraction of sp³-hybridized carbons (Fsp3) is 0.462. The van der Waals surface area contributed by atoms with Crippen molar-refractivity contribution in [3.05, 3.63) is 29.8 Å². The fourth-order valence-corrected chi connectivity index (χ4v) is 2.04. The molecule has 2 N–H and O–H groups in total. The standard InChI is InChI=1S/C13H19ClN2O2/c1-10(9-18-2)16(13(17)7-14)12-6-4-3-5-11(12)8-15/h3-6,10H,7-9,15H2,1-2H3. The first-order valence-electron chi connectivity index (χ1n) is 5.80. The summed E-state index contributed by atoms with van der Waals surface area (Å²) in [6.45, 7) is 2.74. The molecule has 4 nitrogen and oxygen atoms in total. The van der Waals surface area contributed by atoms with Gasteiger partial charge in [0.25, 0.3) is 0 Å². The molecule has 5 heteroatoms. The lowest BCUT2D eigenvalue weighted by molar-refractivity contribution is -0.116. The van der Waals surface area contributed by atoms with Gasteiger partial charge < -0.3 is 15.4 Å². The number of hydrogen-bond acceptors (Lipinski definition) is 3. The second-order valence-corrected chi connectivity index (χ2v) is 4.30. The van der Waals surface area contributed by atoms with E-state index in [4.69, 9.17) is 22.1 Å². The number of nitrogens with two attached hydrogens (primary N) is 1. The third-order valence-corrected chi connectivity index (χ3v) is 2.93. The van der Waals surface area contributed by atoms with Crippen LogP contribution >= 0.6 is 11.6 Å². The molecule has 1 aromatic carbocycles. The van der Waals surface area contributed by atoms with Crippen molar-refractivity contribution in [2.45, 2.75) is 19.5 Å². The molecule has 0 fully saturated rings. The number of anilines is 1. The molecule has 0 aliphatic heterocycles. The minimum atomic E-state index is -0.151. The molecule has 1 atom stereocenters. The first kappa shape index (κ1) is 15.0. The highest BCUT2D eigenvalue weighted by molar-refractivity contribution is 6.29. The Hall–Kier alpha value is -1.10. The molecule has 1 unspecified atom stereocenters. The summed E-state index contributed by atoms with van der Waals surface area (Å²) in [6, 6.07) is 7.47. The third-order valence-electron chi connectivity index (χ3n) is 2.70. The molecule has 0 aliphatic carbocycles. The van der Waals surface area contributed by atoms with Gasteiger partial charge in [-0.15, -0.1) is 11.6 Å². The molecule has 0 bridgehead atoms. The summed E-state index contributed by atoms with van der Waals surface area (Å²) in [5.41, 5.74) is 7.42. The van der Waals surface area contributed by atoms with Crippen LogP contribution in [0.15, 0.2) is 24.3 Å². The lowest BCUT2D eigenvalue weighted by Crippen LogP contribution is -2.42. The molecule has 0 spiro atoms. The van der Waals surface area contributed by atoms with Crippen molar-refractivity contribution in [1.29, 1.82) is 0 Å². The molecule has 0 saturated carbocycles. The minimum Gasteiger partial charge on any atom is -0.383 e. The van der Waals surface area contributed by atoms with Gasteiger partial charge in [0.05, 0.1) is 12.6 Å². The second kappa shape index (κ2) is 7.36. The van der Waals surface area contributed by atoms with Crippen LogP contribution in [0, 0.1) is 0 Å². The number of hydrogen-bond donors (Lipinski definition) is 1. The summed E-state index contributed by atoms with van der Waals surface area (Å²) in [5, 5.41) is 0. The Balaban J connectivity index is 3.12. The largest absolute Gasteiger partial charge is 0.383 e. The molecule has 100 valence electrons. The highest BCUT2D eigenvalue weighted by Gasteiger charge is 2.22.